The van der Waals surface area contributed by atoms with Crippen molar-refractivity contribution < 1.29 is 0 Å². The molecule has 0 spiro atoms. The van der Waals surface area contributed by atoms with Gasteiger partial charge in [0, 0.05) is 32.7 Å². The van der Waals surface area contributed by atoms with Crippen LogP contribution in [-0.4, -0.2) is 4.40 Å². The van der Waals surface area contributed by atoms with Gasteiger partial charge < -0.3 is 14.6 Å². The maximum Gasteiger partial charge on any atom is 0.131 e. The van der Waals surface area contributed by atoms with Crippen LogP contribution in [0.2, 0.25) is 0 Å². The van der Waals surface area contributed by atoms with Crippen molar-refractivity contribution in [3.8, 4) is 23.3 Å². The summed E-state index contributed by atoms with van der Waals surface area (Å²) in [6, 6.07) is 36.0. The van der Waals surface area contributed by atoms with Gasteiger partial charge in [0.15, 0.2) is 0 Å². The lowest BCUT2D eigenvalue weighted by atomic mass is 9.87. The highest BCUT2D eigenvalue weighted by Crippen LogP contribution is 2.57. The largest absolute Gasteiger partial charge is 0.359 e. The zero-order valence-corrected chi connectivity index (χ0v) is 20.0. The molecule has 5 heteroatoms. The van der Waals surface area contributed by atoms with Gasteiger partial charge in [-0.15, -0.1) is 0 Å². The number of benzene rings is 5. The molecule has 1 N–H and O–H groups in total. The number of hydrogen-bond acceptors (Lipinski definition) is 4. The molecule has 38 heavy (non-hydrogen) atoms. The molecule has 1 atom stereocenters. The van der Waals surface area contributed by atoms with Crippen molar-refractivity contribution in [2.45, 2.75) is 6.17 Å². The second-order valence-corrected chi connectivity index (χ2v) is 10.1. The number of hydrogen-bond donors (Lipinski definition) is 1. The van der Waals surface area contributed by atoms with Crippen LogP contribution in [0.25, 0.3) is 49.2 Å². The van der Waals surface area contributed by atoms with Gasteiger partial charge in [-0.25, -0.2) is 0 Å². The summed E-state index contributed by atoms with van der Waals surface area (Å²) in [5, 5.41) is 27.8. The van der Waals surface area contributed by atoms with Crippen molar-refractivity contribution in [1.29, 1.82) is 10.5 Å². The third-order valence-electron chi connectivity index (χ3n) is 8.30. The lowest BCUT2D eigenvalue weighted by Gasteiger charge is -2.36. The molecule has 1 unspecified atom stereocenters. The average molecular weight is 484 g/mol. The van der Waals surface area contributed by atoms with Crippen molar-refractivity contribution in [1.82, 2.24) is 4.40 Å². The SMILES string of the molecule is N#Cc1ccc2c3cc4c(c5c6ccc(C#N)cc6n(c2c1)c35)C1Nc2ccccc2N1c1ccccc1-4. The average Bonchev–Trinajstić information content (AvgIpc) is 3.62. The van der Waals surface area contributed by atoms with E-state index in [9.17, 15) is 10.5 Å². The third-order valence-corrected chi connectivity index (χ3v) is 8.30. The van der Waals surface area contributed by atoms with Crippen LogP contribution in [0.15, 0.2) is 91.0 Å². The molecule has 0 aliphatic carbocycles. The van der Waals surface area contributed by atoms with Gasteiger partial charge in [0.25, 0.3) is 0 Å². The number of para-hydroxylation sites is 3. The molecule has 9 rings (SSSR count). The Kier molecular flexibility index (Phi) is 3.42. The third kappa shape index (κ3) is 2.17. The standard InChI is InChI=1S/C33H17N5/c34-16-18-9-11-21-24-15-23-20-5-1-3-7-26(20)38-27-8-4-2-6-25(27)36-33(38)31(23)30-22-12-10-19(17-35)14-29(22)37(32(24)30)28(21)13-18/h1-15,33,36H. The topological polar surface area (TPSA) is 67.3 Å². The maximum atomic E-state index is 9.73. The second-order valence-electron chi connectivity index (χ2n) is 10.1. The van der Waals surface area contributed by atoms with Crippen molar-refractivity contribution in [3.05, 3.63) is 108 Å². The summed E-state index contributed by atoms with van der Waals surface area (Å²) in [7, 11) is 0. The van der Waals surface area contributed by atoms with Crippen LogP contribution in [0.4, 0.5) is 17.1 Å². The Hall–Kier alpha value is -5.52. The number of aromatic nitrogens is 1. The number of fused-ring (bicyclic) bond motifs is 15. The molecule has 2 aromatic heterocycles. The number of nitriles is 2. The van der Waals surface area contributed by atoms with Crippen molar-refractivity contribution >= 4 is 55.2 Å². The van der Waals surface area contributed by atoms with Gasteiger partial charge in [0.05, 0.1) is 56.9 Å². The molecule has 0 radical (unpaired) electrons. The highest BCUT2D eigenvalue weighted by Gasteiger charge is 2.40. The van der Waals surface area contributed by atoms with Crippen LogP contribution in [0.5, 0.6) is 0 Å². The van der Waals surface area contributed by atoms with Crippen molar-refractivity contribution in [2.24, 2.45) is 0 Å². The number of anilines is 3. The Morgan fingerprint density at radius 2 is 1.34 bits per heavy atom. The maximum absolute atomic E-state index is 9.73. The molecule has 2 aliphatic rings. The molecule has 4 heterocycles. The van der Waals surface area contributed by atoms with Gasteiger partial charge in [-0.1, -0.05) is 42.5 Å². The Morgan fingerprint density at radius 3 is 2.13 bits per heavy atom. The minimum atomic E-state index is -0.0700. The highest BCUT2D eigenvalue weighted by atomic mass is 15.3. The predicted molar refractivity (Wildman–Crippen MR) is 151 cm³/mol. The lowest BCUT2D eigenvalue weighted by molar-refractivity contribution is 0.828. The molecule has 2 aliphatic heterocycles. The van der Waals surface area contributed by atoms with Crippen LogP contribution < -0.4 is 10.2 Å². The van der Waals surface area contributed by atoms with Gasteiger partial charge in [-0.05, 0) is 54.1 Å². The van der Waals surface area contributed by atoms with Gasteiger partial charge in [0.1, 0.15) is 6.17 Å². The van der Waals surface area contributed by atoms with Gasteiger partial charge in [-0.3, -0.25) is 0 Å². The van der Waals surface area contributed by atoms with E-state index in [1.165, 1.54) is 33.5 Å². The lowest BCUT2D eigenvalue weighted by Crippen LogP contribution is -2.27. The molecule has 0 saturated heterocycles. The van der Waals surface area contributed by atoms with E-state index >= 15 is 0 Å². The Bertz CT molecular complexity index is 2260. The fourth-order valence-electron chi connectivity index (χ4n) is 6.82. The molecule has 5 nitrogen and oxygen atoms in total. The first-order valence-electron chi connectivity index (χ1n) is 12.6. The highest BCUT2D eigenvalue weighted by molar-refractivity contribution is 6.27. The number of nitrogens with zero attached hydrogens (tertiary/aromatic N) is 4. The van der Waals surface area contributed by atoms with E-state index in [1.54, 1.807) is 0 Å². The minimum absolute atomic E-state index is 0.0700. The van der Waals surface area contributed by atoms with E-state index in [0.29, 0.717) is 11.1 Å². The first-order valence-corrected chi connectivity index (χ1v) is 12.6. The first-order chi connectivity index (χ1) is 18.8. The summed E-state index contributed by atoms with van der Waals surface area (Å²) < 4.78 is 2.25. The monoisotopic (exact) mass is 483 g/mol. The zero-order valence-electron chi connectivity index (χ0n) is 20.0. The van der Waals surface area contributed by atoms with Gasteiger partial charge >= 0.3 is 0 Å². The Balaban J connectivity index is 1.54. The molecular weight excluding hydrogens is 466 g/mol. The molecule has 0 fully saturated rings. The van der Waals surface area contributed by atoms with Crippen LogP contribution in [0.3, 0.4) is 0 Å². The summed E-state index contributed by atoms with van der Waals surface area (Å²) in [5.41, 5.74) is 11.5. The normalized spacial score (nSPS) is 15.2. The molecular formula is C33H17N5. The predicted octanol–water partition coefficient (Wildman–Crippen LogP) is 7.82. The van der Waals surface area contributed by atoms with Crippen LogP contribution in [0, 0.1) is 22.7 Å². The quantitative estimate of drug-likeness (QED) is 0.239. The molecule has 0 amide bonds. The van der Waals surface area contributed by atoms with E-state index in [2.05, 4.69) is 93.5 Å². The van der Waals surface area contributed by atoms with Crippen molar-refractivity contribution in [3.63, 3.8) is 0 Å². The molecule has 7 aromatic rings. The second kappa shape index (κ2) is 6.62. The number of rotatable bonds is 0. The minimum Gasteiger partial charge on any atom is -0.359 e. The Labute approximate surface area is 217 Å². The molecule has 174 valence electrons. The number of nitrogens with one attached hydrogen (secondary N) is 1. The smallest absolute Gasteiger partial charge is 0.131 e. The summed E-state index contributed by atoms with van der Waals surface area (Å²) in [5.74, 6) is 0. The molecule has 5 aromatic carbocycles. The fraction of sp³-hybridized carbons (Fsp3) is 0.0303. The van der Waals surface area contributed by atoms with Crippen LogP contribution in [0.1, 0.15) is 22.9 Å². The summed E-state index contributed by atoms with van der Waals surface area (Å²) >= 11 is 0. The van der Waals surface area contributed by atoms with Crippen LogP contribution >= 0.6 is 0 Å². The molecule has 0 saturated carbocycles. The van der Waals surface area contributed by atoms with E-state index < -0.39 is 0 Å². The van der Waals surface area contributed by atoms with Crippen LogP contribution in [-0.2, 0) is 0 Å². The van der Waals surface area contributed by atoms with E-state index in [0.717, 1.165) is 38.4 Å². The Morgan fingerprint density at radius 1 is 0.658 bits per heavy atom. The molecule has 0 bridgehead atoms. The van der Waals surface area contributed by atoms with Gasteiger partial charge in [0.2, 0.25) is 0 Å². The summed E-state index contributed by atoms with van der Waals surface area (Å²) in [4.78, 5) is 2.41. The van der Waals surface area contributed by atoms with E-state index in [1.807, 2.05) is 24.3 Å². The summed E-state index contributed by atoms with van der Waals surface area (Å²) in [6.07, 6.45) is -0.0700. The van der Waals surface area contributed by atoms with E-state index in [-0.39, 0.29) is 6.17 Å². The van der Waals surface area contributed by atoms with E-state index in [4.69, 9.17) is 0 Å². The van der Waals surface area contributed by atoms with Gasteiger partial charge in [-0.2, -0.15) is 10.5 Å². The van der Waals surface area contributed by atoms with Crippen molar-refractivity contribution in [2.75, 3.05) is 10.2 Å². The first kappa shape index (κ1) is 19.6. The fourth-order valence-corrected chi connectivity index (χ4v) is 6.82. The zero-order chi connectivity index (χ0) is 25.1. The summed E-state index contributed by atoms with van der Waals surface area (Å²) in [6.45, 7) is 0.